The molecule has 0 radical (unpaired) electrons. The van der Waals surface area contributed by atoms with Crippen LogP contribution in [0.15, 0.2) is 103 Å². The minimum absolute atomic E-state index is 0.497. The van der Waals surface area contributed by atoms with Gasteiger partial charge in [-0.1, -0.05) is 97.1 Å². The highest BCUT2D eigenvalue weighted by atomic mass is 16.4. The summed E-state index contributed by atoms with van der Waals surface area (Å²) in [5.74, 6) is 0. The second-order valence-corrected chi connectivity index (χ2v) is 8.01. The quantitative estimate of drug-likeness (QED) is 0.387. The first-order valence-electron chi connectivity index (χ1n) is 10.4. The predicted octanol–water partition coefficient (Wildman–Crippen LogP) is 5.50. The summed E-state index contributed by atoms with van der Waals surface area (Å²) in [6, 6.07) is 35.5. The molecule has 5 aromatic rings. The Bertz CT molecular complexity index is 1460. The maximum Gasteiger partial charge on any atom is 0.488 e. The van der Waals surface area contributed by atoms with Gasteiger partial charge in [0, 0.05) is 0 Å². The molecular formula is C28H19BO2. The van der Waals surface area contributed by atoms with Gasteiger partial charge in [0.15, 0.2) is 0 Å². The fourth-order valence-electron chi connectivity index (χ4n) is 4.79. The van der Waals surface area contributed by atoms with Crippen molar-refractivity contribution in [3.63, 3.8) is 0 Å². The normalized spacial score (nSPS) is 11.5. The molecule has 2 N–H and O–H groups in total. The van der Waals surface area contributed by atoms with Crippen LogP contribution >= 0.6 is 0 Å². The van der Waals surface area contributed by atoms with Crippen molar-refractivity contribution in [3.8, 4) is 44.5 Å². The third-order valence-electron chi connectivity index (χ3n) is 6.24. The maximum absolute atomic E-state index is 9.60. The summed E-state index contributed by atoms with van der Waals surface area (Å²) in [7, 11) is -1.47. The molecule has 0 fully saturated rings. The van der Waals surface area contributed by atoms with Crippen LogP contribution in [0, 0.1) is 0 Å². The van der Waals surface area contributed by atoms with Crippen molar-refractivity contribution in [2.24, 2.45) is 0 Å². The zero-order valence-electron chi connectivity index (χ0n) is 16.8. The predicted molar refractivity (Wildman–Crippen MR) is 129 cm³/mol. The molecule has 0 aromatic heterocycles. The van der Waals surface area contributed by atoms with Crippen LogP contribution in [0.25, 0.3) is 55.3 Å². The second kappa shape index (κ2) is 6.95. The molecule has 31 heavy (non-hydrogen) atoms. The first-order valence-corrected chi connectivity index (χ1v) is 10.4. The third kappa shape index (κ3) is 2.82. The Hall–Kier alpha value is -3.66. The maximum atomic E-state index is 9.60. The summed E-state index contributed by atoms with van der Waals surface area (Å²) in [6.07, 6.45) is 0. The molecular weight excluding hydrogens is 379 g/mol. The molecule has 0 aliphatic heterocycles. The number of fused-ring (bicyclic) bond motifs is 3. The Morgan fingerprint density at radius 3 is 2.00 bits per heavy atom. The SMILES string of the molecule is OB(O)c1cccc(-c2ccc3c4c(cccc24)-c2ccc(-c4ccccc4)cc2-3)c1. The van der Waals surface area contributed by atoms with Gasteiger partial charge < -0.3 is 10.0 Å². The van der Waals surface area contributed by atoms with Crippen LogP contribution in [0.5, 0.6) is 0 Å². The first kappa shape index (κ1) is 18.1. The highest BCUT2D eigenvalue weighted by molar-refractivity contribution is 6.58. The topological polar surface area (TPSA) is 40.5 Å². The van der Waals surface area contributed by atoms with Gasteiger partial charge in [0.05, 0.1) is 0 Å². The molecule has 3 heteroatoms. The van der Waals surface area contributed by atoms with E-state index in [4.69, 9.17) is 0 Å². The molecule has 0 unspecified atom stereocenters. The van der Waals surface area contributed by atoms with E-state index in [0.717, 1.165) is 11.1 Å². The van der Waals surface area contributed by atoms with Crippen molar-refractivity contribution in [1.29, 1.82) is 0 Å². The van der Waals surface area contributed by atoms with Gasteiger partial charge in [-0.15, -0.1) is 0 Å². The summed E-state index contributed by atoms with van der Waals surface area (Å²) >= 11 is 0. The monoisotopic (exact) mass is 398 g/mol. The lowest BCUT2D eigenvalue weighted by atomic mass is 9.79. The lowest BCUT2D eigenvalue weighted by Gasteiger charge is -2.11. The minimum Gasteiger partial charge on any atom is -0.423 e. The van der Waals surface area contributed by atoms with E-state index in [9.17, 15) is 10.0 Å². The fraction of sp³-hybridized carbons (Fsp3) is 0. The summed E-state index contributed by atoms with van der Waals surface area (Å²) in [4.78, 5) is 0. The van der Waals surface area contributed by atoms with Crippen molar-refractivity contribution < 1.29 is 10.0 Å². The Morgan fingerprint density at radius 1 is 0.452 bits per heavy atom. The number of benzene rings is 5. The van der Waals surface area contributed by atoms with Crippen LogP contribution in [0.4, 0.5) is 0 Å². The van der Waals surface area contributed by atoms with Gasteiger partial charge in [-0.25, -0.2) is 0 Å². The largest absolute Gasteiger partial charge is 0.488 e. The van der Waals surface area contributed by atoms with E-state index in [1.165, 1.54) is 44.2 Å². The van der Waals surface area contributed by atoms with Gasteiger partial charge in [-0.05, 0) is 66.8 Å². The molecule has 0 bridgehead atoms. The van der Waals surface area contributed by atoms with Crippen molar-refractivity contribution in [2.75, 3.05) is 0 Å². The fourth-order valence-corrected chi connectivity index (χ4v) is 4.79. The Morgan fingerprint density at radius 2 is 1.16 bits per heavy atom. The van der Waals surface area contributed by atoms with E-state index >= 15 is 0 Å². The summed E-state index contributed by atoms with van der Waals surface area (Å²) in [5, 5.41) is 21.6. The highest BCUT2D eigenvalue weighted by Crippen LogP contribution is 2.50. The zero-order chi connectivity index (χ0) is 20.9. The molecule has 146 valence electrons. The molecule has 0 amide bonds. The van der Waals surface area contributed by atoms with Crippen LogP contribution in [0.2, 0.25) is 0 Å². The van der Waals surface area contributed by atoms with Gasteiger partial charge in [0.2, 0.25) is 0 Å². The van der Waals surface area contributed by atoms with Gasteiger partial charge in [0.25, 0.3) is 0 Å². The summed E-state index contributed by atoms with van der Waals surface area (Å²) < 4.78 is 0. The van der Waals surface area contributed by atoms with Gasteiger partial charge in [-0.2, -0.15) is 0 Å². The van der Waals surface area contributed by atoms with Crippen molar-refractivity contribution >= 4 is 23.4 Å². The van der Waals surface area contributed by atoms with E-state index in [1.54, 1.807) is 6.07 Å². The van der Waals surface area contributed by atoms with Crippen LogP contribution in [0.3, 0.4) is 0 Å². The van der Waals surface area contributed by atoms with Gasteiger partial charge in [0.1, 0.15) is 0 Å². The molecule has 0 atom stereocenters. The van der Waals surface area contributed by atoms with Crippen LogP contribution in [-0.4, -0.2) is 17.2 Å². The standard InChI is InChI=1S/C28H19BO2/c30-29(31)21-9-4-8-20(16-21)22-14-15-26-27-17-19(18-6-2-1-3-7-18)12-13-23(27)25-11-5-10-24(22)28(25)26/h1-17,30-31H. The smallest absolute Gasteiger partial charge is 0.423 e. The van der Waals surface area contributed by atoms with Crippen molar-refractivity contribution in [1.82, 2.24) is 0 Å². The molecule has 0 spiro atoms. The number of hydrogen-bond acceptors (Lipinski definition) is 2. The molecule has 6 rings (SSSR count). The summed E-state index contributed by atoms with van der Waals surface area (Å²) in [6.45, 7) is 0. The molecule has 0 heterocycles. The van der Waals surface area contributed by atoms with E-state index in [-0.39, 0.29) is 0 Å². The van der Waals surface area contributed by atoms with E-state index in [2.05, 4.69) is 72.8 Å². The molecule has 5 aromatic carbocycles. The average Bonchev–Trinajstić information content (AvgIpc) is 3.15. The molecule has 1 aliphatic carbocycles. The van der Waals surface area contributed by atoms with E-state index in [0.29, 0.717) is 5.46 Å². The van der Waals surface area contributed by atoms with Crippen LogP contribution in [-0.2, 0) is 0 Å². The van der Waals surface area contributed by atoms with Crippen LogP contribution < -0.4 is 5.46 Å². The molecule has 0 saturated heterocycles. The molecule has 0 saturated carbocycles. The second-order valence-electron chi connectivity index (χ2n) is 8.01. The number of rotatable bonds is 3. The first-order chi connectivity index (χ1) is 15.2. The summed E-state index contributed by atoms with van der Waals surface area (Å²) in [5.41, 5.74) is 10.0. The Kier molecular flexibility index (Phi) is 4.07. The van der Waals surface area contributed by atoms with Gasteiger partial charge in [-0.3, -0.25) is 0 Å². The van der Waals surface area contributed by atoms with Gasteiger partial charge >= 0.3 is 7.12 Å². The van der Waals surface area contributed by atoms with Crippen molar-refractivity contribution in [2.45, 2.75) is 0 Å². The minimum atomic E-state index is -1.47. The Balaban J connectivity index is 1.57. The Labute approximate surface area is 181 Å². The lowest BCUT2D eigenvalue weighted by molar-refractivity contribution is 0.426. The third-order valence-corrected chi connectivity index (χ3v) is 6.24. The lowest BCUT2D eigenvalue weighted by Crippen LogP contribution is -2.29. The van der Waals surface area contributed by atoms with E-state index < -0.39 is 7.12 Å². The number of hydrogen-bond donors (Lipinski definition) is 2. The average molecular weight is 398 g/mol. The van der Waals surface area contributed by atoms with E-state index in [1.807, 2.05) is 24.3 Å². The highest BCUT2D eigenvalue weighted by Gasteiger charge is 2.23. The zero-order valence-corrected chi connectivity index (χ0v) is 16.8. The molecule has 2 nitrogen and oxygen atoms in total. The van der Waals surface area contributed by atoms with Crippen LogP contribution in [0.1, 0.15) is 0 Å². The van der Waals surface area contributed by atoms with Crippen molar-refractivity contribution in [3.05, 3.63) is 103 Å². The molecule has 1 aliphatic rings.